The summed E-state index contributed by atoms with van der Waals surface area (Å²) in [6.07, 6.45) is -2.01. The number of halogens is 3. The number of aliphatic carboxylic acids is 2. The molecule has 0 aliphatic heterocycles. The van der Waals surface area contributed by atoms with Crippen LogP contribution in [-0.4, -0.2) is 51.9 Å². The van der Waals surface area contributed by atoms with Crippen molar-refractivity contribution in [3.63, 3.8) is 0 Å². The topological polar surface area (TPSA) is 164 Å². The molecular formula is C33H35F3N4O7. The first-order valence-electron chi connectivity index (χ1n) is 14.4. The molecule has 250 valence electrons. The van der Waals surface area contributed by atoms with Gasteiger partial charge in [0.2, 0.25) is 5.91 Å². The standard InChI is InChI=1S/C31H34N4O5.C2HF3O2/c1-4-39-28-17-23(11-13-27(28)40-20(2)3)30(35(32)25-12-10-24-19-33-15-14-22(24)16-25)31(38)34-26(18-29(36)37)21-8-6-5-7-9-21;3-2(4,5)1(6)7/h5-17,19-20,26,30H,4,18,32H2,1-3H3,(H,34,38)(H,36,37);(H,6,7)/t26-,30?;/m0./s1. The molecule has 1 aromatic heterocycles. The number of nitrogens with two attached hydrogens (primary N) is 1. The van der Waals surface area contributed by atoms with Crippen LogP contribution < -0.4 is 25.6 Å². The summed E-state index contributed by atoms with van der Waals surface area (Å²) in [7, 11) is 0. The van der Waals surface area contributed by atoms with Crippen molar-refractivity contribution in [2.45, 2.75) is 51.6 Å². The molecule has 0 radical (unpaired) electrons. The molecule has 47 heavy (non-hydrogen) atoms. The van der Waals surface area contributed by atoms with Gasteiger partial charge in [-0.1, -0.05) is 42.5 Å². The first-order valence-corrected chi connectivity index (χ1v) is 14.4. The number of nitrogens with zero attached hydrogens (tertiary/aromatic N) is 2. The fraction of sp³-hybridized carbons (Fsp3) is 0.273. The Morgan fingerprint density at radius 2 is 1.62 bits per heavy atom. The number of amides is 1. The van der Waals surface area contributed by atoms with E-state index in [2.05, 4.69) is 10.3 Å². The summed E-state index contributed by atoms with van der Waals surface area (Å²) in [6, 6.07) is 19.9. The average molecular weight is 657 g/mol. The van der Waals surface area contributed by atoms with Crippen LogP contribution in [0.1, 0.15) is 50.4 Å². The number of carbonyl (C=O) groups excluding carboxylic acids is 1. The molecule has 1 heterocycles. The predicted octanol–water partition coefficient (Wildman–Crippen LogP) is 5.81. The lowest BCUT2D eigenvalue weighted by atomic mass is 10.00. The quantitative estimate of drug-likeness (QED) is 0.108. The van der Waals surface area contributed by atoms with Gasteiger partial charge in [-0.2, -0.15) is 13.2 Å². The molecule has 14 heteroatoms. The number of carboxylic acids is 2. The fourth-order valence-electron chi connectivity index (χ4n) is 4.50. The van der Waals surface area contributed by atoms with E-state index in [0.717, 1.165) is 10.8 Å². The number of anilines is 1. The van der Waals surface area contributed by atoms with Gasteiger partial charge in [-0.05, 0) is 67.6 Å². The lowest BCUT2D eigenvalue weighted by molar-refractivity contribution is -0.192. The third-order valence-corrected chi connectivity index (χ3v) is 6.53. The second-order valence-corrected chi connectivity index (χ2v) is 10.4. The minimum absolute atomic E-state index is 0.0788. The highest BCUT2D eigenvalue weighted by atomic mass is 19.4. The van der Waals surface area contributed by atoms with Crippen molar-refractivity contribution < 1.29 is 47.2 Å². The molecule has 0 saturated carbocycles. The SMILES string of the molecule is CCOc1cc(C(C(=O)N[C@@H](CC(=O)O)c2ccccc2)N(N)c2ccc3cnccc3c2)ccc1OC(C)C.O=C(O)C(F)(F)F. The summed E-state index contributed by atoms with van der Waals surface area (Å²) in [6.45, 7) is 6.10. The Morgan fingerprint density at radius 3 is 2.21 bits per heavy atom. The molecule has 0 bridgehead atoms. The number of carboxylic acid groups (broad SMARTS) is 2. The first kappa shape index (κ1) is 36.1. The third kappa shape index (κ3) is 10.3. The van der Waals surface area contributed by atoms with Crippen molar-refractivity contribution in [2.24, 2.45) is 5.84 Å². The van der Waals surface area contributed by atoms with Crippen molar-refractivity contribution >= 4 is 34.3 Å². The van der Waals surface area contributed by atoms with Crippen molar-refractivity contribution in [3.05, 3.63) is 96.3 Å². The van der Waals surface area contributed by atoms with Crippen LogP contribution in [0.4, 0.5) is 18.9 Å². The van der Waals surface area contributed by atoms with Gasteiger partial charge in [0.05, 0.1) is 30.9 Å². The molecule has 1 amide bonds. The average Bonchev–Trinajstić information content (AvgIpc) is 3.01. The van der Waals surface area contributed by atoms with E-state index in [1.165, 1.54) is 5.01 Å². The van der Waals surface area contributed by atoms with Crippen LogP contribution in [0.25, 0.3) is 10.8 Å². The van der Waals surface area contributed by atoms with E-state index >= 15 is 0 Å². The van der Waals surface area contributed by atoms with Crippen LogP contribution in [0.3, 0.4) is 0 Å². The highest BCUT2D eigenvalue weighted by Crippen LogP contribution is 2.35. The van der Waals surface area contributed by atoms with Crippen LogP contribution in [0.15, 0.2) is 85.2 Å². The van der Waals surface area contributed by atoms with E-state index in [1.54, 1.807) is 54.9 Å². The molecule has 0 fully saturated rings. The summed E-state index contributed by atoms with van der Waals surface area (Å²) in [4.78, 5) is 38.8. The van der Waals surface area contributed by atoms with Gasteiger partial charge in [0.15, 0.2) is 11.5 Å². The second kappa shape index (κ2) is 16.3. The minimum atomic E-state index is -5.08. The zero-order valence-electron chi connectivity index (χ0n) is 25.8. The molecule has 2 atom stereocenters. The maximum Gasteiger partial charge on any atom is 0.490 e. The largest absolute Gasteiger partial charge is 0.490 e. The van der Waals surface area contributed by atoms with Gasteiger partial charge < -0.3 is 25.0 Å². The van der Waals surface area contributed by atoms with E-state index in [9.17, 15) is 27.9 Å². The maximum absolute atomic E-state index is 14.0. The molecule has 0 aliphatic rings. The number of benzene rings is 3. The Labute approximate surface area is 268 Å². The Hall–Kier alpha value is -5.37. The zero-order valence-corrected chi connectivity index (χ0v) is 25.8. The van der Waals surface area contributed by atoms with Crippen molar-refractivity contribution in [1.29, 1.82) is 0 Å². The lowest BCUT2D eigenvalue weighted by Gasteiger charge is -2.31. The molecule has 0 spiro atoms. The molecule has 0 aliphatic carbocycles. The summed E-state index contributed by atoms with van der Waals surface area (Å²) in [5, 5.41) is 22.8. The van der Waals surface area contributed by atoms with Gasteiger partial charge in [0.25, 0.3) is 0 Å². The van der Waals surface area contributed by atoms with E-state index in [0.29, 0.717) is 34.9 Å². The summed E-state index contributed by atoms with van der Waals surface area (Å²) < 4.78 is 43.5. The van der Waals surface area contributed by atoms with Crippen LogP contribution >= 0.6 is 0 Å². The number of fused-ring (bicyclic) bond motifs is 1. The van der Waals surface area contributed by atoms with Gasteiger partial charge in [-0.25, -0.2) is 10.6 Å². The number of rotatable bonds is 12. The normalized spacial score (nSPS) is 12.3. The number of hydrogen-bond donors (Lipinski definition) is 4. The van der Waals surface area contributed by atoms with Crippen molar-refractivity contribution in [3.8, 4) is 11.5 Å². The number of alkyl halides is 3. The highest BCUT2D eigenvalue weighted by Gasteiger charge is 2.38. The van der Waals surface area contributed by atoms with Crippen LogP contribution in [0.5, 0.6) is 11.5 Å². The van der Waals surface area contributed by atoms with Crippen molar-refractivity contribution in [2.75, 3.05) is 11.6 Å². The van der Waals surface area contributed by atoms with Gasteiger partial charge in [-0.3, -0.25) is 19.6 Å². The van der Waals surface area contributed by atoms with Gasteiger partial charge in [0.1, 0.15) is 6.04 Å². The Morgan fingerprint density at radius 1 is 0.936 bits per heavy atom. The van der Waals surface area contributed by atoms with Gasteiger partial charge in [0, 0.05) is 17.8 Å². The molecule has 5 N–H and O–H groups in total. The molecule has 3 aromatic carbocycles. The van der Waals surface area contributed by atoms with Crippen molar-refractivity contribution in [1.82, 2.24) is 10.3 Å². The zero-order chi connectivity index (χ0) is 34.7. The molecule has 1 unspecified atom stereocenters. The van der Waals surface area contributed by atoms with Crippen LogP contribution in [0.2, 0.25) is 0 Å². The molecular weight excluding hydrogens is 621 g/mol. The summed E-state index contributed by atoms with van der Waals surface area (Å²) >= 11 is 0. The Balaban J connectivity index is 0.000000771. The predicted molar refractivity (Wildman–Crippen MR) is 168 cm³/mol. The number of hydrogen-bond acceptors (Lipinski definition) is 8. The molecule has 4 aromatic rings. The number of carbonyl (C=O) groups is 3. The minimum Gasteiger partial charge on any atom is -0.490 e. The van der Waals surface area contributed by atoms with Crippen LogP contribution in [0, 0.1) is 0 Å². The van der Waals surface area contributed by atoms with E-state index in [-0.39, 0.29) is 12.5 Å². The van der Waals surface area contributed by atoms with E-state index in [4.69, 9.17) is 25.2 Å². The fourth-order valence-corrected chi connectivity index (χ4v) is 4.50. The molecule has 11 nitrogen and oxygen atoms in total. The summed E-state index contributed by atoms with van der Waals surface area (Å²) in [5.74, 6) is 3.46. The van der Waals surface area contributed by atoms with Gasteiger partial charge >= 0.3 is 18.1 Å². The molecule has 4 rings (SSSR count). The number of hydrazine groups is 1. The number of ether oxygens (including phenoxy) is 2. The third-order valence-electron chi connectivity index (χ3n) is 6.53. The smallest absolute Gasteiger partial charge is 0.490 e. The second-order valence-electron chi connectivity index (χ2n) is 10.4. The number of nitrogens with one attached hydrogen (secondary N) is 1. The monoisotopic (exact) mass is 656 g/mol. The van der Waals surface area contributed by atoms with Crippen LogP contribution in [-0.2, 0) is 14.4 Å². The first-order chi connectivity index (χ1) is 22.2. The number of aromatic nitrogens is 1. The highest BCUT2D eigenvalue weighted by molar-refractivity contribution is 5.90. The number of pyridine rings is 1. The molecule has 0 saturated heterocycles. The van der Waals surface area contributed by atoms with E-state index in [1.807, 2.05) is 51.1 Å². The summed E-state index contributed by atoms with van der Waals surface area (Å²) in [5.41, 5.74) is 1.82. The Bertz CT molecular complexity index is 1670. The lowest BCUT2D eigenvalue weighted by Crippen LogP contribution is -2.45. The van der Waals surface area contributed by atoms with E-state index < -0.39 is 36.1 Å². The Kier molecular flexibility index (Phi) is 12.5. The maximum atomic E-state index is 14.0. The van der Waals surface area contributed by atoms with Gasteiger partial charge in [-0.15, -0.1) is 0 Å².